The van der Waals surface area contributed by atoms with Gasteiger partial charge in [0.15, 0.2) is 0 Å². The summed E-state index contributed by atoms with van der Waals surface area (Å²) in [7, 11) is 0. The second kappa shape index (κ2) is 5.87. The molecular weight excluding hydrogens is 290 g/mol. The molecule has 1 aliphatic heterocycles. The van der Waals surface area contributed by atoms with Gasteiger partial charge in [-0.3, -0.25) is 4.79 Å². The lowest BCUT2D eigenvalue weighted by Gasteiger charge is -2.32. The highest BCUT2D eigenvalue weighted by atomic mass is 79.9. The number of likely N-dealkylation sites (tertiary alicyclic amines) is 1. The number of hydrogen-bond donors (Lipinski definition) is 0. The maximum atomic E-state index is 12.5. The molecule has 0 radical (unpaired) electrons. The molecule has 1 unspecified atom stereocenters. The van der Waals surface area contributed by atoms with Crippen molar-refractivity contribution in [1.82, 2.24) is 4.90 Å². The summed E-state index contributed by atoms with van der Waals surface area (Å²) in [5, 5.41) is 0. The SMILES string of the molecule is CCC1CCCN(C(=O)c2cc(Br)ccc2C)C1. The van der Waals surface area contributed by atoms with Crippen LogP contribution in [0.1, 0.15) is 42.1 Å². The molecule has 1 heterocycles. The van der Waals surface area contributed by atoms with Gasteiger partial charge in [0.1, 0.15) is 0 Å². The van der Waals surface area contributed by atoms with Crippen molar-refractivity contribution in [2.24, 2.45) is 5.92 Å². The molecule has 1 fully saturated rings. The van der Waals surface area contributed by atoms with E-state index in [1.807, 2.05) is 30.0 Å². The van der Waals surface area contributed by atoms with Crippen molar-refractivity contribution in [1.29, 1.82) is 0 Å². The molecule has 1 amide bonds. The summed E-state index contributed by atoms with van der Waals surface area (Å²) in [6.45, 7) is 6.03. The van der Waals surface area contributed by atoms with Gasteiger partial charge in [-0.15, -0.1) is 0 Å². The van der Waals surface area contributed by atoms with Gasteiger partial charge in [0.2, 0.25) is 0 Å². The van der Waals surface area contributed by atoms with E-state index in [1.54, 1.807) is 0 Å². The summed E-state index contributed by atoms with van der Waals surface area (Å²) in [4.78, 5) is 14.6. The molecule has 1 aliphatic rings. The lowest BCUT2D eigenvalue weighted by Crippen LogP contribution is -2.40. The number of piperidine rings is 1. The van der Waals surface area contributed by atoms with Crippen molar-refractivity contribution >= 4 is 21.8 Å². The number of aryl methyl sites for hydroxylation is 1. The molecule has 2 nitrogen and oxygen atoms in total. The third kappa shape index (κ3) is 2.94. The maximum Gasteiger partial charge on any atom is 0.254 e. The summed E-state index contributed by atoms with van der Waals surface area (Å²) >= 11 is 3.44. The van der Waals surface area contributed by atoms with Crippen LogP contribution in [0.25, 0.3) is 0 Å². The normalized spacial score (nSPS) is 19.9. The molecule has 1 saturated heterocycles. The van der Waals surface area contributed by atoms with E-state index in [-0.39, 0.29) is 5.91 Å². The van der Waals surface area contributed by atoms with E-state index < -0.39 is 0 Å². The number of nitrogens with zero attached hydrogens (tertiary/aromatic N) is 1. The van der Waals surface area contributed by atoms with Gasteiger partial charge >= 0.3 is 0 Å². The molecule has 0 saturated carbocycles. The fourth-order valence-corrected chi connectivity index (χ4v) is 2.94. The van der Waals surface area contributed by atoms with Gasteiger partial charge in [0.05, 0.1) is 0 Å². The Morgan fingerprint density at radius 2 is 2.28 bits per heavy atom. The van der Waals surface area contributed by atoms with Crippen LogP contribution in [0.3, 0.4) is 0 Å². The second-order valence-corrected chi connectivity index (χ2v) is 6.04. The van der Waals surface area contributed by atoms with Crippen molar-refractivity contribution in [2.45, 2.75) is 33.1 Å². The standard InChI is InChI=1S/C15H20BrNO/c1-3-12-5-4-8-17(10-12)15(18)14-9-13(16)7-6-11(14)2/h6-7,9,12H,3-5,8,10H2,1-2H3. The summed E-state index contributed by atoms with van der Waals surface area (Å²) in [6.07, 6.45) is 3.57. The van der Waals surface area contributed by atoms with E-state index in [0.29, 0.717) is 5.92 Å². The average Bonchev–Trinajstić information content (AvgIpc) is 2.41. The van der Waals surface area contributed by atoms with Crippen LogP contribution in [0.2, 0.25) is 0 Å². The van der Waals surface area contributed by atoms with Crippen molar-refractivity contribution in [2.75, 3.05) is 13.1 Å². The van der Waals surface area contributed by atoms with Gasteiger partial charge in [-0.05, 0) is 43.4 Å². The van der Waals surface area contributed by atoms with E-state index in [1.165, 1.54) is 12.8 Å². The molecule has 0 N–H and O–H groups in total. The highest BCUT2D eigenvalue weighted by molar-refractivity contribution is 9.10. The van der Waals surface area contributed by atoms with E-state index in [9.17, 15) is 4.79 Å². The first-order chi connectivity index (χ1) is 8.61. The molecule has 0 aliphatic carbocycles. The number of rotatable bonds is 2. The summed E-state index contributed by atoms with van der Waals surface area (Å²) < 4.78 is 0.973. The summed E-state index contributed by atoms with van der Waals surface area (Å²) in [6, 6.07) is 5.92. The Morgan fingerprint density at radius 3 is 3.00 bits per heavy atom. The largest absolute Gasteiger partial charge is 0.338 e. The fraction of sp³-hybridized carbons (Fsp3) is 0.533. The number of hydrogen-bond acceptors (Lipinski definition) is 1. The topological polar surface area (TPSA) is 20.3 Å². The van der Waals surface area contributed by atoms with Crippen LogP contribution in [0.15, 0.2) is 22.7 Å². The fourth-order valence-electron chi connectivity index (χ4n) is 2.58. The summed E-state index contributed by atoms with van der Waals surface area (Å²) in [5.41, 5.74) is 1.89. The molecule has 18 heavy (non-hydrogen) atoms. The van der Waals surface area contributed by atoms with Gasteiger partial charge in [-0.25, -0.2) is 0 Å². The number of amides is 1. The van der Waals surface area contributed by atoms with Crippen LogP contribution < -0.4 is 0 Å². The Balaban J connectivity index is 2.17. The first kappa shape index (κ1) is 13.6. The quantitative estimate of drug-likeness (QED) is 0.808. The van der Waals surface area contributed by atoms with Crippen LogP contribution in [-0.4, -0.2) is 23.9 Å². The highest BCUT2D eigenvalue weighted by Crippen LogP contribution is 2.23. The van der Waals surface area contributed by atoms with E-state index in [0.717, 1.165) is 35.1 Å². The molecule has 3 heteroatoms. The molecule has 1 atom stereocenters. The van der Waals surface area contributed by atoms with Crippen LogP contribution in [-0.2, 0) is 0 Å². The van der Waals surface area contributed by atoms with Gasteiger partial charge < -0.3 is 4.90 Å². The minimum absolute atomic E-state index is 0.187. The zero-order chi connectivity index (χ0) is 13.1. The first-order valence-electron chi connectivity index (χ1n) is 6.67. The smallest absolute Gasteiger partial charge is 0.254 e. The second-order valence-electron chi connectivity index (χ2n) is 5.13. The first-order valence-corrected chi connectivity index (χ1v) is 7.46. The molecule has 0 aromatic heterocycles. The molecule has 0 bridgehead atoms. The Bertz CT molecular complexity index is 444. The van der Waals surface area contributed by atoms with Crippen LogP contribution in [0.4, 0.5) is 0 Å². The van der Waals surface area contributed by atoms with Crippen molar-refractivity contribution in [3.05, 3.63) is 33.8 Å². The number of carbonyl (C=O) groups excluding carboxylic acids is 1. The van der Waals surface area contributed by atoms with Crippen molar-refractivity contribution in [3.63, 3.8) is 0 Å². The third-order valence-electron chi connectivity index (χ3n) is 3.81. The molecule has 98 valence electrons. The minimum atomic E-state index is 0.187. The van der Waals surface area contributed by atoms with Gasteiger partial charge in [-0.2, -0.15) is 0 Å². The van der Waals surface area contributed by atoms with Crippen molar-refractivity contribution < 1.29 is 4.79 Å². The molecule has 1 aromatic carbocycles. The molecule has 1 aromatic rings. The predicted molar refractivity (Wildman–Crippen MR) is 77.8 cm³/mol. The monoisotopic (exact) mass is 309 g/mol. The maximum absolute atomic E-state index is 12.5. The zero-order valence-corrected chi connectivity index (χ0v) is 12.7. The third-order valence-corrected chi connectivity index (χ3v) is 4.31. The summed E-state index contributed by atoms with van der Waals surface area (Å²) in [5.74, 6) is 0.863. The molecular formula is C15H20BrNO. The average molecular weight is 310 g/mol. The minimum Gasteiger partial charge on any atom is -0.338 e. The Morgan fingerprint density at radius 1 is 1.50 bits per heavy atom. The molecule has 0 spiro atoms. The van der Waals surface area contributed by atoms with Crippen molar-refractivity contribution in [3.8, 4) is 0 Å². The Kier molecular flexibility index (Phi) is 4.44. The van der Waals surface area contributed by atoms with Crippen LogP contribution >= 0.6 is 15.9 Å². The molecule has 2 rings (SSSR count). The predicted octanol–water partition coefficient (Wildman–Crippen LogP) is 4.02. The Hall–Kier alpha value is -0.830. The lowest BCUT2D eigenvalue weighted by molar-refractivity contribution is 0.0670. The van der Waals surface area contributed by atoms with Gasteiger partial charge in [-0.1, -0.05) is 35.3 Å². The van der Waals surface area contributed by atoms with E-state index in [2.05, 4.69) is 22.9 Å². The van der Waals surface area contributed by atoms with Crippen LogP contribution in [0.5, 0.6) is 0 Å². The Labute approximate surface area is 117 Å². The number of benzene rings is 1. The van der Waals surface area contributed by atoms with E-state index in [4.69, 9.17) is 0 Å². The van der Waals surface area contributed by atoms with Gasteiger partial charge in [0, 0.05) is 23.1 Å². The van der Waals surface area contributed by atoms with Gasteiger partial charge in [0.25, 0.3) is 5.91 Å². The lowest BCUT2D eigenvalue weighted by atomic mass is 9.95. The van der Waals surface area contributed by atoms with Crippen LogP contribution in [0, 0.1) is 12.8 Å². The highest BCUT2D eigenvalue weighted by Gasteiger charge is 2.24. The number of halogens is 1. The van der Waals surface area contributed by atoms with E-state index >= 15 is 0 Å². The zero-order valence-electron chi connectivity index (χ0n) is 11.1. The number of carbonyl (C=O) groups is 1.